The van der Waals surface area contributed by atoms with Gasteiger partial charge in [0.25, 0.3) is 5.78 Å². The second-order valence-electron chi connectivity index (χ2n) is 5.08. The predicted molar refractivity (Wildman–Crippen MR) is 75.8 cm³/mol. The lowest BCUT2D eigenvalue weighted by Crippen LogP contribution is -2.37. The van der Waals surface area contributed by atoms with Gasteiger partial charge in [0.2, 0.25) is 0 Å². The molecule has 0 aromatic carbocycles. The Balaban J connectivity index is 2.07. The zero-order valence-electron chi connectivity index (χ0n) is 11.1. The summed E-state index contributed by atoms with van der Waals surface area (Å²) in [4.78, 5) is 11.0. The third-order valence-electron chi connectivity index (χ3n) is 3.71. The lowest BCUT2D eigenvalue weighted by Gasteiger charge is -2.30. The van der Waals surface area contributed by atoms with Gasteiger partial charge in [-0.25, -0.2) is 4.98 Å². The number of alkyl halides is 1. The van der Waals surface area contributed by atoms with Crippen molar-refractivity contribution in [2.45, 2.75) is 38.6 Å². The number of halogens is 1. The van der Waals surface area contributed by atoms with E-state index in [1.807, 2.05) is 11.4 Å². The first-order chi connectivity index (χ1) is 9.29. The Morgan fingerprint density at radius 1 is 1.37 bits per heavy atom. The molecule has 0 bridgehead atoms. The van der Waals surface area contributed by atoms with Crippen molar-refractivity contribution in [3.63, 3.8) is 0 Å². The Hall–Kier alpha value is -1.36. The van der Waals surface area contributed by atoms with E-state index in [0.29, 0.717) is 17.7 Å². The Kier molecular flexibility index (Phi) is 3.55. The number of aryl methyl sites for hydroxylation is 1. The summed E-state index contributed by atoms with van der Waals surface area (Å²) < 4.78 is 1.82. The molecule has 2 aromatic rings. The minimum Gasteiger partial charge on any atom is -0.352 e. The van der Waals surface area contributed by atoms with Gasteiger partial charge in [0.1, 0.15) is 12.1 Å². The van der Waals surface area contributed by atoms with Crippen molar-refractivity contribution in [1.82, 2.24) is 19.6 Å². The second kappa shape index (κ2) is 5.33. The van der Waals surface area contributed by atoms with Crippen LogP contribution in [0.1, 0.15) is 31.4 Å². The number of rotatable bonds is 2. The van der Waals surface area contributed by atoms with Gasteiger partial charge in [-0.1, -0.05) is 12.8 Å². The van der Waals surface area contributed by atoms with E-state index < -0.39 is 0 Å². The van der Waals surface area contributed by atoms with E-state index in [1.54, 1.807) is 6.33 Å². The van der Waals surface area contributed by atoms with Crippen LogP contribution in [0.25, 0.3) is 5.78 Å². The normalized spacial score (nSPS) is 20.7. The van der Waals surface area contributed by atoms with E-state index in [2.05, 4.69) is 26.0 Å². The standard InChI is InChI=1S/C13H18ClN5/c1-10-7-12(19-13(17-10)15-9-16-19)18-6-4-2-3-5-11(18)8-14/h7,9,11H,2-6,8H2,1H3. The molecule has 0 amide bonds. The zero-order valence-corrected chi connectivity index (χ0v) is 11.8. The summed E-state index contributed by atoms with van der Waals surface area (Å²) in [6.45, 7) is 3.02. The molecule has 1 aliphatic rings. The van der Waals surface area contributed by atoms with E-state index in [1.165, 1.54) is 19.3 Å². The molecule has 5 nitrogen and oxygen atoms in total. The second-order valence-corrected chi connectivity index (χ2v) is 5.39. The summed E-state index contributed by atoms with van der Waals surface area (Å²) in [6, 6.07) is 2.45. The molecule has 0 aliphatic carbocycles. The van der Waals surface area contributed by atoms with Crippen molar-refractivity contribution in [3.05, 3.63) is 18.1 Å². The summed E-state index contributed by atoms with van der Waals surface area (Å²) in [5.74, 6) is 2.37. The molecule has 3 heterocycles. The highest BCUT2D eigenvalue weighted by molar-refractivity contribution is 6.18. The number of fused-ring (bicyclic) bond motifs is 1. The first-order valence-corrected chi connectivity index (χ1v) is 7.33. The van der Waals surface area contributed by atoms with Crippen LogP contribution >= 0.6 is 11.6 Å². The largest absolute Gasteiger partial charge is 0.352 e. The lowest BCUT2D eigenvalue weighted by molar-refractivity contribution is 0.609. The molecule has 1 aliphatic heterocycles. The Bertz CT molecular complexity index is 567. The highest BCUT2D eigenvalue weighted by Gasteiger charge is 2.23. The third-order valence-corrected chi connectivity index (χ3v) is 4.07. The number of hydrogen-bond donors (Lipinski definition) is 0. The average Bonchev–Trinajstić information content (AvgIpc) is 2.74. The Labute approximate surface area is 117 Å². The Morgan fingerprint density at radius 2 is 2.26 bits per heavy atom. The minimum atomic E-state index is 0.373. The average molecular weight is 280 g/mol. The maximum Gasteiger partial charge on any atom is 0.254 e. The number of aromatic nitrogens is 4. The molecule has 0 N–H and O–H groups in total. The van der Waals surface area contributed by atoms with E-state index in [-0.39, 0.29) is 0 Å². The topological polar surface area (TPSA) is 46.3 Å². The van der Waals surface area contributed by atoms with Crippen LogP contribution in [0.2, 0.25) is 0 Å². The molecule has 0 saturated carbocycles. The van der Waals surface area contributed by atoms with Crippen molar-refractivity contribution in [3.8, 4) is 0 Å². The van der Waals surface area contributed by atoms with Crippen LogP contribution < -0.4 is 4.90 Å². The smallest absolute Gasteiger partial charge is 0.254 e. The van der Waals surface area contributed by atoms with Crippen molar-refractivity contribution >= 4 is 23.2 Å². The quantitative estimate of drug-likeness (QED) is 0.792. The monoisotopic (exact) mass is 279 g/mol. The van der Waals surface area contributed by atoms with E-state index in [4.69, 9.17) is 11.6 Å². The van der Waals surface area contributed by atoms with Gasteiger partial charge in [-0.15, -0.1) is 11.6 Å². The molecule has 1 saturated heterocycles. The maximum absolute atomic E-state index is 6.16. The van der Waals surface area contributed by atoms with Gasteiger partial charge in [0, 0.05) is 30.2 Å². The SMILES string of the molecule is Cc1cc(N2CCCCCC2CCl)n2ncnc2n1. The summed E-state index contributed by atoms with van der Waals surface area (Å²) in [7, 11) is 0. The van der Waals surface area contributed by atoms with Crippen LogP contribution in [0.15, 0.2) is 12.4 Å². The fourth-order valence-electron chi connectivity index (χ4n) is 2.76. The minimum absolute atomic E-state index is 0.373. The van der Waals surface area contributed by atoms with Gasteiger partial charge < -0.3 is 4.90 Å². The fraction of sp³-hybridized carbons (Fsp3) is 0.615. The van der Waals surface area contributed by atoms with Crippen molar-refractivity contribution in [2.75, 3.05) is 17.3 Å². The first-order valence-electron chi connectivity index (χ1n) is 6.79. The van der Waals surface area contributed by atoms with Crippen LogP contribution in [-0.4, -0.2) is 38.0 Å². The summed E-state index contributed by atoms with van der Waals surface area (Å²) in [6.07, 6.45) is 6.41. The van der Waals surface area contributed by atoms with E-state index in [0.717, 1.165) is 24.5 Å². The highest BCUT2D eigenvalue weighted by Crippen LogP contribution is 2.25. The van der Waals surface area contributed by atoms with Crippen LogP contribution in [0, 0.1) is 6.92 Å². The van der Waals surface area contributed by atoms with E-state index >= 15 is 0 Å². The van der Waals surface area contributed by atoms with Gasteiger partial charge in [-0.05, 0) is 19.8 Å². The summed E-state index contributed by atoms with van der Waals surface area (Å²) in [5, 5.41) is 4.29. The van der Waals surface area contributed by atoms with Crippen molar-refractivity contribution < 1.29 is 0 Å². The molecule has 0 radical (unpaired) electrons. The molecular formula is C13H18ClN5. The van der Waals surface area contributed by atoms with E-state index in [9.17, 15) is 0 Å². The first kappa shape index (κ1) is 12.7. The molecule has 1 unspecified atom stereocenters. The van der Waals surface area contributed by atoms with Crippen LogP contribution in [0.3, 0.4) is 0 Å². The molecule has 0 spiro atoms. The molecule has 1 fully saturated rings. The molecular weight excluding hydrogens is 262 g/mol. The van der Waals surface area contributed by atoms with Crippen molar-refractivity contribution in [1.29, 1.82) is 0 Å². The van der Waals surface area contributed by atoms with Crippen LogP contribution in [0.4, 0.5) is 5.82 Å². The third kappa shape index (κ3) is 2.39. The van der Waals surface area contributed by atoms with Crippen molar-refractivity contribution in [2.24, 2.45) is 0 Å². The van der Waals surface area contributed by atoms with Gasteiger partial charge >= 0.3 is 0 Å². The number of hydrogen-bond acceptors (Lipinski definition) is 4. The summed E-state index contributed by atoms with van der Waals surface area (Å²) in [5.41, 5.74) is 0.966. The lowest BCUT2D eigenvalue weighted by atomic mass is 10.1. The molecule has 19 heavy (non-hydrogen) atoms. The zero-order chi connectivity index (χ0) is 13.2. The van der Waals surface area contributed by atoms with Gasteiger partial charge in [0.05, 0.1) is 0 Å². The highest BCUT2D eigenvalue weighted by atomic mass is 35.5. The Morgan fingerprint density at radius 3 is 3.11 bits per heavy atom. The van der Waals surface area contributed by atoms with Gasteiger partial charge in [0.15, 0.2) is 0 Å². The molecule has 2 aromatic heterocycles. The van der Waals surface area contributed by atoms with Gasteiger partial charge in [-0.3, -0.25) is 0 Å². The molecule has 3 rings (SSSR count). The number of anilines is 1. The molecule has 102 valence electrons. The van der Waals surface area contributed by atoms with Gasteiger partial charge in [-0.2, -0.15) is 14.6 Å². The van der Waals surface area contributed by atoms with Crippen LogP contribution in [-0.2, 0) is 0 Å². The van der Waals surface area contributed by atoms with Crippen LogP contribution in [0.5, 0.6) is 0 Å². The molecule has 6 heteroatoms. The fourth-order valence-corrected chi connectivity index (χ4v) is 3.08. The molecule has 1 atom stereocenters. The summed E-state index contributed by atoms with van der Waals surface area (Å²) >= 11 is 6.16. The number of nitrogens with zero attached hydrogens (tertiary/aromatic N) is 5. The predicted octanol–water partition coefficient (Wildman–Crippen LogP) is 2.42. The maximum atomic E-state index is 6.16.